The first kappa shape index (κ1) is 25.7. The summed E-state index contributed by atoms with van der Waals surface area (Å²) in [4.78, 5) is 13.1. The highest BCUT2D eigenvalue weighted by Crippen LogP contribution is 2.23. The third-order valence-electron chi connectivity index (χ3n) is 4.32. The summed E-state index contributed by atoms with van der Waals surface area (Å²) in [5, 5.41) is 7.08. The van der Waals surface area contributed by atoms with Crippen LogP contribution in [0.4, 0.5) is 0 Å². The summed E-state index contributed by atoms with van der Waals surface area (Å²) >= 11 is 5.83. The Hall–Kier alpha value is -2.59. The molecule has 3 rings (SSSR count). The van der Waals surface area contributed by atoms with Crippen LogP contribution in [0.2, 0.25) is 5.15 Å². The standard InChI is InChI=1S/C23H26ClN5O2.HI/c1-3-25-23(26-12-11-17-7-9-21(24)27-14-17)29-16-18-8-10-22(28-15-18)31-20-6-4-5-19(13-20)30-2;/h4-10,13-15H,3,11-12,16H2,1-2H3,(H2,25,26,29);1H. The number of nitrogens with zero attached hydrogens (tertiary/aromatic N) is 3. The van der Waals surface area contributed by atoms with E-state index in [4.69, 9.17) is 21.1 Å². The third kappa shape index (κ3) is 8.51. The van der Waals surface area contributed by atoms with Crippen LogP contribution in [0.15, 0.2) is 65.9 Å². The topological polar surface area (TPSA) is 80.7 Å². The smallest absolute Gasteiger partial charge is 0.219 e. The van der Waals surface area contributed by atoms with Crippen molar-refractivity contribution in [1.29, 1.82) is 0 Å². The first-order valence-corrected chi connectivity index (χ1v) is 10.4. The highest BCUT2D eigenvalue weighted by Gasteiger charge is 2.03. The van der Waals surface area contributed by atoms with E-state index in [1.165, 1.54) is 0 Å². The fourth-order valence-corrected chi connectivity index (χ4v) is 2.85. The van der Waals surface area contributed by atoms with Gasteiger partial charge in [0, 0.05) is 37.6 Å². The monoisotopic (exact) mass is 567 g/mol. The lowest BCUT2D eigenvalue weighted by molar-refractivity contribution is 0.407. The maximum Gasteiger partial charge on any atom is 0.219 e. The molecule has 3 aromatic rings. The minimum Gasteiger partial charge on any atom is -0.497 e. The van der Waals surface area contributed by atoms with Crippen molar-refractivity contribution in [2.45, 2.75) is 19.9 Å². The number of aliphatic imine (C=N–C) groups is 1. The van der Waals surface area contributed by atoms with Crippen molar-refractivity contribution >= 4 is 41.5 Å². The molecule has 0 saturated heterocycles. The molecule has 0 spiro atoms. The summed E-state index contributed by atoms with van der Waals surface area (Å²) in [5.74, 6) is 2.68. The Balaban J connectivity index is 0.00000363. The lowest BCUT2D eigenvalue weighted by Gasteiger charge is -2.11. The van der Waals surface area contributed by atoms with Gasteiger partial charge in [-0.3, -0.25) is 0 Å². The summed E-state index contributed by atoms with van der Waals surface area (Å²) in [7, 11) is 1.62. The molecule has 0 fully saturated rings. The van der Waals surface area contributed by atoms with E-state index in [0.717, 1.165) is 42.3 Å². The van der Waals surface area contributed by atoms with Crippen LogP contribution in [0.5, 0.6) is 17.4 Å². The van der Waals surface area contributed by atoms with E-state index < -0.39 is 0 Å². The van der Waals surface area contributed by atoms with E-state index in [1.807, 2.05) is 49.4 Å². The van der Waals surface area contributed by atoms with Gasteiger partial charge in [0.2, 0.25) is 5.88 Å². The number of benzene rings is 1. The molecule has 0 aliphatic rings. The Bertz CT molecular complexity index is 984. The summed E-state index contributed by atoms with van der Waals surface area (Å²) in [6.45, 7) is 4.05. The molecular formula is C23H27ClIN5O2. The maximum absolute atomic E-state index is 5.83. The van der Waals surface area contributed by atoms with E-state index in [1.54, 1.807) is 25.6 Å². The van der Waals surface area contributed by atoms with Crippen molar-refractivity contribution < 1.29 is 9.47 Å². The summed E-state index contributed by atoms with van der Waals surface area (Å²) < 4.78 is 11.0. The first-order chi connectivity index (χ1) is 15.2. The second-order valence-electron chi connectivity index (χ2n) is 6.65. The van der Waals surface area contributed by atoms with Crippen LogP contribution in [0.25, 0.3) is 0 Å². The van der Waals surface area contributed by atoms with Crippen molar-refractivity contribution in [1.82, 2.24) is 20.6 Å². The van der Waals surface area contributed by atoms with Gasteiger partial charge in [-0.15, -0.1) is 24.0 Å². The largest absolute Gasteiger partial charge is 0.497 e. The Kier molecular flexibility index (Phi) is 11.0. The van der Waals surface area contributed by atoms with E-state index in [-0.39, 0.29) is 24.0 Å². The highest BCUT2D eigenvalue weighted by atomic mass is 127. The molecular weight excluding hydrogens is 541 g/mol. The van der Waals surface area contributed by atoms with Gasteiger partial charge in [-0.25, -0.2) is 15.0 Å². The average molecular weight is 568 g/mol. The van der Waals surface area contributed by atoms with Crippen molar-refractivity contribution in [2.75, 3.05) is 20.2 Å². The molecule has 0 aliphatic heterocycles. The van der Waals surface area contributed by atoms with Crippen LogP contribution in [0.1, 0.15) is 18.1 Å². The number of nitrogens with one attached hydrogen (secondary N) is 2. The lowest BCUT2D eigenvalue weighted by Crippen LogP contribution is -2.38. The number of methoxy groups -OCH3 is 1. The zero-order valence-electron chi connectivity index (χ0n) is 18.0. The number of hydrogen-bond acceptors (Lipinski definition) is 5. The van der Waals surface area contributed by atoms with Crippen LogP contribution in [-0.4, -0.2) is 36.1 Å². The molecule has 0 atom stereocenters. The molecule has 0 unspecified atom stereocenters. The van der Waals surface area contributed by atoms with Gasteiger partial charge in [-0.1, -0.05) is 29.8 Å². The molecule has 170 valence electrons. The van der Waals surface area contributed by atoms with Crippen molar-refractivity contribution in [2.24, 2.45) is 4.99 Å². The Labute approximate surface area is 210 Å². The van der Waals surface area contributed by atoms with Crippen LogP contribution in [0, 0.1) is 0 Å². The minimum absolute atomic E-state index is 0. The Morgan fingerprint density at radius 2 is 1.78 bits per heavy atom. The van der Waals surface area contributed by atoms with E-state index in [9.17, 15) is 0 Å². The number of rotatable bonds is 9. The number of ether oxygens (including phenoxy) is 2. The van der Waals surface area contributed by atoms with Gasteiger partial charge in [-0.05, 0) is 42.7 Å². The normalized spacial score (nSPS) is 10.8. The SMILES string of the molecule is CCNC(=NCc1ccc(Oc2cccc(OC)c2)nc1)NCCc1ccc(Cl)nc1.I. The second kappa shape index (κ2) is 13.7. The summed E-state index contributed by atoms with van der Waals surface area (Å²) in [6, 6.07) is 15.0. The molecule has 9 heteroatoms. The van der Waals surface area contributed by atoms with E-state index in [2.05, 4.69) is 25.6 Å². The van der Waals surface area contributed by atoms with Gasteiger partial charge in [0.05, 0.1) is 13.7 Å². The van der Waals surface area contributed by atoms with Gasteiger partial charge in [0.15, 0.2) is 5.96 Å². The van der Waals surface area contributed by atoms with Gasteiger partial charge in [0.1, 0.15) is 16.7 Å². The van der Waals surface area contributed by atoms with Gasteiger partial charge < -0.3 is 20.1 Å². The molecule has 0 bridgehead atoms. The Morgan fingerprint density at radius 1 is 1.00 bits per heavy atom. The third-order valence-corrected chi connectivity index (χ3v) is 4.54. The zero-order chi connectivity index (χ0) is 21.9. The molecule has 0 aliphatic carbocycles. The summed E-state index contributed by atoms with van der Waals surface area (Å²) in [6.07, 6.45) is 4.38. The van der Waals surface area contributed by atoms with Crippen molar-refractivity contribution in [3.05, 3.63) is 77.2 Å². The van der Waals surface area contributed by atoms with Crippen molar-refractivity contribution in [3.8, 4) is 17.4 Å². The molecule has 32 heavy (non-hydrogen) atoms. The molecule has 2 N–H and O–H groups in total. The highest BCUT2D eigenvalue weighted by molar-refractivity contribution is 14.0. The molecule has 1 aromatic carbocycles. The predicted molar refractivity (Wildman–Crippen MR) is 138 cm³/mol. The van der Waals surface area contributed by atoms with Gasteiger partial charge >= 0.3 is 0 Å². The van der Waals surface area contributed by atoms with Gasteiger partial charge in [0.25, 0.3) is 0 Å². The lowest BCUT2D eigenvalue weighted by atomic mass is 10.2. The van der Waals surface area contributed by atoms with E-state index in [0.29, 0.717) is 23.3 Å². The van der Waals surface area contributed by atoms with E-state index >= 15 is 0 Å². The molecule has 2 aromatic heterocycles. The van der Waals surface area contributed by atoms with Crippen LogP contribution in [-0.2, 0) is 13.0 Å². The average Bonchev–Trinajstić information content (AvgIpc) is 2.80. The fourth-order valence-electron chi connectivity index (χ4n) is 2.74. The maximum atomic E-state index is 5.83. The number of guanidine groups is 1. The number of pyridine rings is 2. The van der Waals surface area contributed by atoms with Crippen LogP contribution >= 0.6 is 35.6 Å². The minimum atomic E-state index is 0. The number of aromatic nitrogens is 2. The molecule has 0 saturated carbocycles. The summed E-state index contributed by atoms with van der Waals surface area (Å²) in [5.41, 5.74) is 2.10. The van der Waals surface area contributed by atoms with Crippen LogP contribution in [0.3, 0.4) is 0 Å². The number of halogens is 2. The predicted octanol–water partition coefficient (Wildman–Crippen LogP) is 4.85. The quantitative estimate of drug-likeness (QED) is 0.167. The Morgan fingerprint density at radius 3 is 2.47 bits per heavy atom. The van der Waals surface area contributed by atoms with Gasteiger partial charge in [-0.2, -0.15) is 0 Å². The number of hydrogen-bond donors (Lipinski definition) is 2. The first-order valence-electron chi connectivity index (χ1n) is 10.1. The molecule has 7 nitrogen and oxygen atoms in total. The van der Waals surface area contributed by atoms with Crippen molar-refractivity contribution in [3.63, 3.8) is 0 Å². The molecule has 0 radical (unpaired) electrons. The second-order valence-corrected chi connectivity index (χ2v) is 7.03. The fraction of sp³-hybridized carbons (Fsp3) is 0.261. The molecule has 0 amide bonds. The molecule has 2 heterocycles. The zero-order valence-corrected chi connectivity index (χ0v) is 21.1. The van der Waals surface area contributed by atoms with Crippen LogP contribution < -0.4 is 20.1 Å².